The molecule has 0 unspecified atom stereocenters. The Kier molecular flexibility index (Phi) is 5.23. The van der Waals surface area contributed by atoms with Gasteiger partial charge in [-0.3, -0.25) is 9.69 Å². The summed E-state index contributed by atoms with van der Waals surface area (Å²) in [5, 5.41) is 5.19. The number of hydrogen-bond donors (Lipinski definition) is 1. The molecule has 1 fully saturated rings. The third-order valence-electron chi connectivity index (χ3n) is 4.73. The van der Waals surface area contributed by atoms with E-state index in [1.165, 1.54) is 4.90 Å². The van der Waals surface area contributed by atoms with E-state index in [1.807, 2.05) is 43.3 Å². The van der Waals surface area contributed by atoms with Crippen molar-refractivity contribution in [2.75, 3.05) is 6.61 Å². The Labute approximate surface area is 173 Å². The first kappa shape index (κ1) is 19.0. The molecule has 0 bridgehead atoms. The molecule has 3 amide bonds. The smallest absolute Gasteiger partial charge is 0.329 e. The van der Waals surface area contributed by atoms with Crippen molar-refractivity contribution in [3.63, 3.8) is 0 Å². The second-order valence-electron chi connectivity index (χ2n) is 6.64. The van der Waals surface area contributed by atoms with E-state index < -0.39 is 6.03 Å². The molecule has 0 spiro atoms. The van der Waals surface area contributed by atoms with Crippen LogP contribution in [0.2, 0.25) is 5.02 Å². The van der Waals surface area contributed by atoms with Crippen molar-refractivity contribution in [3.8, 4) is 5.75 Å². The van der Waals surface area contributed by atoms with Crippen LogP contribution in [0.5, 0.6) is 5.75 Å². The second-order valence-corrected chi connectivity index (χ2v) is 7.07. The van der Waals surface area contributed by atoms with Crippen LogP contribution in [-0.4, -0.2) is 23.4 Å². The number of imide groups is 1. The Hall–Kier alpha value is -3.31. The predicted octanol–water partition coefficient (Wildman–Crippen LogP) is 4.98. The average molecular weight is 407 g/mol. The van der Waals surface area contributed by atoms with Crippen LogP contribution in [0.3, 0.4) is 0 Å². The number of benzene rings is 3. The fourth-order valence-corrected chi connectivity index (χ4v) is 3.47. The molecule has 1 N–H and O–H groups in total. The van der Waals surface area contributed by atoms with E-state index in [4.69, 9.17) is 16.3 Å². The minimum atomic E-state index is -0.438. The minimum absolute atomic E-state index is 0.184. The molecule has 146 valence electrons. The van der Waals surface area contributed by atoms with Crippen molar-refractivity contribution in [2.24, 2.45) is 0 Å². The summed E-state index contributed by atoms with van der Waals surface area (Å²) >= 11 is 5.90. The van der Waals surface area contributed by atoms with Crippen LogP contribution in [0, 0.1) is 0 Å². The van der Waals surface area contributed by atoms with Gasteiger partial charge in [0, 0.05) is 10.4 Å². The van der Waals surface area contributed by atoms with Crippen molar-refractivity contribution < 1.29 is 14.3 Å². The maximum absolute atomic E-state index is 12.8. The number of ether oxygens (including phenoxy) is 1. The van der Waals surface area contributed by atoms with Crippen LogP contribution >= 0.6 is 11.6 Å². The molecule has 0 radical (unpaired) electrons. The Bertz CT molecular complexity index is 1120. The number of carbonyl (C=O) groups excluding carboxylic acids is 2. The van der Waals surface area contributed by atoms with E-state index >= 15 is 0 Å². The molecular weight excluding hydrogens is 388 g/mol. The molecular formula is C23H19ClN2O3. The highest BCUT2D eigenvalue weighted by atomic mass is 35.5. The Morgan fingerprint density at radius 3 is 2.45 bits per heavy atom. The van der Waals surface area contributed by atoms with Gasteiger partial charge in [0.25, 0.3) is 5.91 Å². The number of rotatable bonds is 5. The largest absolute Gasteiger partial charge is 0.493 e. The number of nitrogens with one attached hydrogen (secondary N) is 1. The van der Waals surface area contributed by atoms with Crippen LogP contribution in [0.4, 0.5) is 4.79 Å². The summed E-state index contributed by atoms with van der Waals surface area (Å²) < 4.78 is 5.70. The van der Waals surface area contributed by atoms with Gasteiger partial charge in [0.1, 0.15) is 11.4 Å². The number of fused-ring (bicyclic) bond motifs is 1. The van der Waals surface area contributed by atoms with E-state index in [0.29, 0.717) is 11.6 Å². The zero-order valence-electron chi connectivity index (χ0n) is 15.8. The lowest BCUT2D eigenvalue weighted by atomic mass is 10.0. The molecule has 6 heteroatoms. The van der Waals surface area contributed by atoms with Gasteiger partial charge in [-0.1, -0.05) is 54.1 Å². The standard InChI is InChI=1S/C23H19ClN2O3/c1-2-29-21-12-9-16(18-5-3-4-6-19(18)21)13-20-22(27)26(23(28)25-20)14-15-7-10-17(24)11-8-15/h3-13H,2,14H2,1H3,(H,25,28)/b20-13-. The van der Waals surface area contributed by atoms with E-state index in [9.17, 15) is 9.59 Å². The molecule has 0 atom stereocenters. The number of urea groups is 1. The molecule has 3 aromatic rings. The van der Waals surface area contributed by atoms with Crippen LogP contribution in [-0.2, 0) is 11.3 Å². The highest BCUT2D eigenvalue weighted by Gasteiger charge is 2.33. The van der Waals surface area contributed by atoms with Crippen LogP contribution < -0.4 is 10.1 Å². The molecule has 1 heterocycles. The highest BCUT2D eigenvalue weighted by molar-refractivity contribution is 6.30. The number of nitrogens with zero attached hydrogens (tertiary/aromatic N) is 1. The molecule has 4 rings (SSSR count). The van der Waals surface area contributed by atoms with Gasteiger partial charge in [0.15, 0.2) is 0 Å². The zero-order valence-corrected chi connectivity index (χ0v) is 16.6. The lowest BCUT2D eigenvalue weighted by Crippen LogP contribution is -2.30. The first-order valence-electron chi connectivity index (χ1n) is 9.30. The number of hydrogen-bond acceptors (Lipinski definition) is 3. The van der Waals surface area contributed by atoms with Gasteiger partial charge in [-0.2, -0.15) is 0 Å². The molecule has 1 saturated heterocycles. The predicted molar refractivity (Wildman–Crippen MR) is 114 cm³/mol. The van der Waals surface area contributed by atoms with Crippen molar-refractivity contribution in [2.45, 2.75) is 13.5 Å². The first-order chi connectivity index (χ1) is 14.1. The van der Waals surface area contributed by atoms with Gasteiger partial charge in [0.05, 0.1) is 13.2 Å². The summed E-state index contributed by atoms with van der Waals surface area (Å²) in [5.41, 5.74) is 1.91. The van der Waals surface area contributed by atoms with Gasteiger partial charge < -0.3 is 10.1 Å². The van der Waals surface area contributed by atoms with Crippen molar-refractivity contribution >= 4 is 40.4 Å². The normalized spacial score (nSPS) is 15.2. The lowest BCUT2D eigenvalue weighted by molar-refractivity contribution is -0.123. The summed E-state index contributed by atoms with van der Waals surface area (Å²) in [6.45, 7) is 2.69. The summed E-state index contributed by atoms with van der Waals surface area (Å²) in [6.07, 6.45) is 1.71. The van der Waals surface area contributed by atoms with E-state index in [-0.39, 0.29) is 18.1 Å². The molecule has 0 saturated carbocycles. The fraction of sp³-hybridized carbons (Fsp3) is 0.130. The summed E-state index contributed by atoms with van der Waals surface area (Å²) in [5.74, 6) is 0.430. The molecule has 5 nitrogen and oxygen atoms in total. The Balaban J connectivity index is 1.65. The quantitative estimate of drug-likeness (QED) is 0.480. The van der Waals surface area contributed by atoms with Crippen molar-refractivity contribution in [1.82, 2.24) is 10.2 Å². The third kappa shape index (κ3) is 3.82. The van der Waals surface area contributed by atoms with Crippen LogP contribution in [0.1, 0.15) is 18.1 Å². The van der Waals surface area contributed by atoms with E-state index in [2.05, 4.69) is 5.32 Å². The highest BCUT2D eigenvalue weighted by Crippen LogP contribution is 2.30. The van der Waals surface area contributed by atoms with E-state index in [0.717, 1.165) is 27.6 Å². The van der Waals surface area contributed by atoms with Crippen molar-refractivity contribution in [3.05, 3.63) is 82.5 Å². The van der Waals surface area contributed by atoms with Crippen LogP contribution in [0.15, 0.2) is 66.4 Å². The number of amides is 3. The van der Waals surface area contributed by atoms with Gasteiger partial charge in [-0.15, -0.1) is 0 Å². The molecule has 1 aliphatic rings. The van der Waals surface area contributed by atoms with Gasteiger partial charge in [0.2, 0.25) is 0 Å². The maximum atomic E-state index is 12.8. The van der Waals surface area contributed by atoms with Gasteiger partial charge in [-0.25, -0.2) is 4.79 Å². The van der Waals surface area contributed by atoms with Crippen molar-refractivity contribution in [1.29, 1.82) is 0 Å². The summed E-state index contributed by atoms with van der Waals surface area (Å²) in [6, 6.07) is 18.2. The molecule has 0 aromatic heterocycles. The van der Waals surface area contributed by atoms with E-state index in [1.54, 1.807) is 30.3 Å². The number of carbonyl (C=O) groups is 2. The first-order valence-corrected chi connectivity index (χ1v) is 9.68. The average Bonchev–Trinajstić information content (AvgIpc) is 2.99. The SMILES string of the molecule is CCOc1ccc(/C=C2\NC(=O)N(Cc3ccc(Cl)cc3)C2=O)c2ccccc12. The van der Waals surface area contributed by atoms with Gasteiger partial charge in [-0.05, 0) is 47.7 Å². The topological polar surface area (TPSA) is 58.6 Å². The minimum Gasteiger partial charge on any atom is -0.493 e. The fourth-order valence-electron chi connectivity index (χ4n) is 3.35. The molecule has 0 aliphatic carbocycles. The summed E-state index contributed by atoms with van der Waals surface area (Å²) in [7, 11) is 0. The Morgan fingerprint density at radius 1 is 1.00 bits per heavy atom. The third-order valence-corrected chi connectivity index (χ3v) is 4.99. The molecule has 3 aromatic carbocycles. The number of halogens is 1. The molecule has 29 heavy (non-hydrogen) atoms. The monoisotopic (exact) mass is 406 g/mol. The Morgan fingerprint density at radius 2 is 1.72 bits per heavy atom. The maximum Gasteiger partial charge on any atom is 0.329 e. The van der Waals surface area contributed by atoms with Crippen LogP contribution in [0.25, 0.3) is 16.8 Å². The lowest BCUT2D eigenvalue weighted by Gasteiger charge is -2.12. The zero-order chi connectivity index (χ0) is 20.4. The second kappa shape index (κ2) is 7.97. The van der Waals surface area contributed by atoms with Gasteiger partial charge >= 0.3 is 6.03 Å². The summed E-state index contributed by atoms with van der Waals surface area (Å²) in [4.78, 5) is 26.4. The molecule has 1 aliphatic heterocycles.